The number of nitrogens with zero attached hydrogens (tertiary/aromatic N) is 3. The first-order valence-electron chi connectivity index (χ1n) is 8.80. The molecule has 1 aliphatic heterocycles. The number of carbonyl (C=O) groups excluding carboxylic acids is 1. The number of carbonyl (C=O) groups is 1. The minimum Gasteiger partial charge on any atom is -0.337 e. The van der Waals surface area contributed by atoms with Gasteiger partial charge < -0.3 is 4.90 Å². The largest absolute Gasteiger partial charge is 0.337 e. The molecule has 1 atom stereocenters. The fourth-order valence-electron chi connectivity index (χ4n) is 3.36. The van der Waals surface area contributed by atoms with Crippen molar-refractivity contribution < 1.29 is 4.79 Å². The second-order valence-corrected chi connectivity index (χ2v) is 7.90. The van der Waals surface area contributed by atoms with Crippen LogP contribution in [0.1, 0.15) is 77.1 Å². The molecule has 0 spiro atoms. The number of amides is 1. The molecule has 1 aliphatic rings. The second-order valence-electron chi connectivity index (χ2n) is 6.87. The van der Waals surface area contributed by atoms with Gasteiger partial charge in [0.25, 0.3) is 5.91 Å². The van der Waals surface area contributed by atoms with Gasteiger partial charge in [0.05, 0.1) is 16.9 Å². The molecule has 1 fully saturated rings. The van der Waals surface area contributed by atoms with Gasteiger partial charge >= 0.3 is 0 Å². The van der Waals surface area contributed by atoms with Gasteiger partial charge in [0.1, 0.15) is 4.88 Å². The Morgan fingerprint density at radius 3 is 2.96 bits per heavy atom. The maximum absolute atomic E-state index is 13.0. The number of thiazole rings is 1. The predicted octanol–water partition coefficient (Wildman–Crippen LogP) is 3.88. The fourth-order valence-corrected chi connectivity index (χ4v) is 4.40. The van der Waals surface area contributed by atoms with E-state index in [4.69, 9.17) is 0 Å². The molecular formula is C18H26N4OS. The van der Waals surface area contributed by atoms with Crippen LogP contribution in [0.5, 0.6) is 0 Å². The van der Waals surface area contributed by atoms with E-state index in [-0.39, 0.29) is 5.91 Å². The topological polar surface area (TPSA) is 61.9 Å². The highest BCUT2D eigenvalue weighted by atomic mass is 32.1. The van der Waals surface area contributed by atoms with Crippen LogP contribution in [0.25, 0.3) is 0 Å². The molecular weight excluding hydrogens is 320 g/mol. The molecule has 6 heteroatoms. The highest BCUT2D eigenvalue weighted by molar-refractivity contribution is 7.13. The monoisotopic (exact) mass is 346 g/mol. The molecule has 0 aromatic carbocycles. The molecule has 5 nitrogen and oxygen atoms in total. The lowest BCUT2D eigenvalue weighted by Crippen LogP contribution is -2.39. The van der Waals surface area contributed by atoms with Gasteiger partial charge in [-0.15, -0.1) is 11.3 Å². The SMILES string of the molecule is CCc1cn[nH]c1[C@H]1CCCN(C(=O)c2sc(C(C)C)nc2C)C1. The zero-order valence-corrected chi connectivity index (χ0v) is 15.7. The molecule has 0 aliphatic carbocycles. The fraction of sp³-hybridized carbons (Fsp3) is 0.611. The van der Waals surface area contributed by atoms with E-state index in [0.29, 0.717) is 11.8 Å². The molecule has 2 aromatic rings. The van der Waals surface area contributed by atoms with Gasteiger partial charge in [0.2, 0.25) is 0 Å². The average Bonchev–Trinajstić information content (AvgIpc) is 3.20. The first kappa shape index (κ1) is 17.1. The molecule has 2 aromatic heterocycles. The molecule has 0 saturated carbocycles. The van der Waals surface area contributed by atoms with E-state index in [2.05, 4.69) is 36.0 Å². The van der Waals surface area contributed by atoms with Crippen LogP contribution >= 0.6 is 11.3 Å². The van der Waals surface area contributed by atoms with E-state index in [9.17, 15) is 4.79 Å². The van der Waals surface area contributed by atoms with Crippen molar-refractivity contribution in [2.45, 2.75) is 58.8 Å². The quantitative estimate of drug-likeness (QED) is 0.914. The molecule has 130 valence electrons. The molecule has 0 radical (unpaired) electrons. The zero-order chi connectivity index (χ0) is 17.3. The number of piperidine rings is 1. The highest BCUT2D eigenvalue weighted by Gasteiger charge is 2.29. The number of aromatic amines is 1. The first-order valence-corrected chi connectivity index (χ1v) is 9.61. The number of H-pyrrole nitrogens is 1. The van der Waals surface area contributed by atoms with E-state index in [0.717, 1.165) is 47.9 Å². The Labute approximate surface area is 147 Å². The van der Waals surface area contributed by atoms with Gasteiger partial charge in [-0.1, -0.05) is 20.8 Å². The maximum Gasteiger partial charge on any atom is 0.265 e. The van der Waals surface area contributed by atoms with E-state index in [1.54, 1.807) is 11.3 Å². The van der Waals surface area contributed by atoms with Crippen molar-refractivity contribution in [3.63, 3.8) is 0 Å². The van der Waals surface area contributed by atoms with Crippen LogP contribution in [-0.4, -0.2) is 39.1 Å². The molecule has 3 heterocycles. The Bertz CT molecular complexity index is 718. The molecule has 1 saturated heterocycles. The lowest BCUT2D eigenvalue weighted by Gasteiger charge is -2.32. The predicted molar refractivity (Wildman–Crippen MR) is 96.8 cm³/mol. The summed E-state index contributed by atoms with van der Waals surface area (Å²) in [4.78, 5) is 20.4. The number of hydrogen-bond acceptors (Lipinski definition) is 4. The number of nitrogens with one attached hydrogen (secondary N) is 1. The number of hydrogen-bond donors (Lipinski definition) is 1. The van der Waals surface area contributed by atoms with Crippen LogP contribution < -0.4 is 0 Å². The Balaban J connectivity index is 1.78. The van der Waals surface area contributed by atoms with Crippen molar-refractivity contribution in [1.29, 1.82) is 0 Å². The Morgan fingerprint density at radius 2 is 2.29 bits per heavy atom. The summed E-state index contributed by atoms with van der Waals surface area (Å²) in [5.41, 5.74) is 3.34. The number of aryl methyl sites for hydroxylation is 2. The molecule has 24 heavy (non-hydrogen) atoms. The average molecular weight is 347 g/mol. The maximum atomic E-state index is 13.0. The lowest BCUT2D eigenvalue weighted by molar-refractivity contribution is 0.0709. The highest BCUT2D eigenvalue weighted by Crippen LogP contribution is 2.31. The summed E-state index contributed by atoms with van der Waals surface area (Å²) < 4.78 is 0. The van der Waals surface area contributed by atoms with Crippen LogP contribution in [0.3, 0.4) is 0 Å². The van der Waals surface area contributed by atoms with Gasteiger partial charge in [-0.05, 0) is 31.7 Å². The van der Waals surface area contributed by atoms with Crippen LogP contribution in [0, 0.1) is 6.92 Å². The van der Waals surface area contributed by atoms with E-state index in [1.165, 1.54) is 11.3 Å². The second kappa shape index (κ2) is 7.05. The van der Waals surface area contributed by atoms with Gasteiger partial charge in [0.15, 0.2) is 0 Å². The minimum absolute atomic E-state index is 0.138. The number of rotatable bonds is 4. The molecule has 0 bridgehead atoms. The molecule has 0 unspecified atom stereocenters. The summed E-state index contributed by atoms with van der Waals surface area (Å²) >= 11 is 1.55. The minimum atomic E-state index is 0.138. The standard InChI is InChI=1S/C18H26N4OS/c1-5-13-9-19-21-15(13)14-7-6-8-22(10-14)18(23)16-12(4)20-17(24-16)11(2)3/h9,11,14H,5-8,10H2,1-4H3,(H,19,21)/t14-/m0/s1. The third kappa shape index (κ3) is 3.24. The summed E-state index contributed by atoms with van der Waals surface area (Å²) in [6.07, 6.45) is 5.03. The number of likely N-dealkylation sites (tertiary alicyclic amines) is 1. The Hall–Kier alpha value is -1.69. The zero-order valence-electron chi connectivity index (χ0n) is 14.9. The summed E-state index contributed by atoms with van der Waals surface area (Å²) in [6.45, 7) is 9.93. The van der Waals surface area contributed by atoms with Crippen molar-refractivity contribution in [3.8, 4) is 0 Å². The Kier molecular flexibility index (Phi) is 5.04. The van der Waals surface area contributed by atoms with Crippen molar-refractivity contribution >= 4 is 17.2 Å². The van der Waals surface area contributed by atoms with E-state index < -0.39 is 0 Å². The smallest absolute Gasteiger partial charge is 0.265 e. The van der Waals surface area contributed by atoms with Crippen molar-refractivity contribution in [2.75, 3.05) is 13.1 Å². The third-order valence-corrected chi connectivity index (χ3v) is 6.20. The first-order chi connectivity index (χ1) is 11.5. The summed E-state index contributed by atoms with van der Waals surface area (Å²) in [7, 11) is 0. The summed E-state index contributed by atoms with van der Waals surface area (Å²) in [6, 6.07) is 0. The van der Waals surface area contributed by atoms with E-state index >= 15 is 0 Å². The third-order valence-electron chi connectivity index (χ3n) is 4.75. The van der Waals surface area contributed by atoms with Gasteiger partial charge in [0, 0.05) is 30.6 Å². The normalized spacial score (nSPS) is 18.4. The van der Waals surface area contributed by atoms with Crippen LogP contribution in [0.15, 0.2) is 6.20 Å². The van der Waals surface area contributed by atoms with Crippen molar-refractivity contribution in [3.05, 3.63) is 33.0 Å². The molecule has 3 rings (SSSR count). The molecule has 1 amide bonds. The van der Waals surface area contributed by atoms with Crippen LogP contribution in [0.2, 0.25) is 0 Å². The van der Waals surface area contributed by atoms with Crippen LogP contribution in [0.4, 0.5) is 0 Å². The van der Waals surface area contributed by atoms with Gasteiger partial charge in [-0.2, -0.15) is 5.10 Å². The summed E-state index contributed by atoms with van der Waals surface area (Å²) in [5.74, 6) is 0.860. The molecule has 1 N–H and O–H groups in total. The summed E-state index contributed by atoms with van der Waals surface area (Å²) in [5, 5.41) is 8.40. The van der Waals surface area contributed by atoms with Gasteiger partial charge in [-0.25, -0.2) is 4.98 Å². The van der Waals surface area contributed by atoms with Gasteiger partial charge in [-0.3, -0.25) is 9.89 Å². The van der Waals surface area contributed by atoms with Crippen molar-refractivity contribution in [2.24, 2.45) is 0 Å². The Morgan fingerprint density at radius 1 is 1.50 bits per heavy atom. The van der Waals surface area contributed by atoms with Crippen molar-refractivity contribution in [1.82, 2.24) is 20.1 Å². The van der Waals surface area contributed by atoms with Crippen LogP contribution in [-0.2, 0) is 6.42 Å². The van der Waals surface area contributed by atoms with E-state index in [1.807, 2.05) is 18.0 Å². The number of aromatic nitrogens is 3. The lowest BCUT2D eigenvalue weighted by atomic mass is 9.92.